The molecule has 0 radical (unpaired) electrons. The van der Waals surface area contributed by atoms with E-state index in [0.29, 0.717) is 31.1 Å². The van der Waals surface area contributed by atoms with Crippen LogP contribution < -0.4 is 0 Å². The summed E-state index contributed by atoms with van der Waals surface area (Å²) in [5.41, 5.74) is 4.01. The maximum absolute atomic E-state index is 13.2. The minimum atomic E-state index is -0.131. The summed E-state index contributed by atoms with van der Waals surface area (Å²) in [7, 11) is 0. The number of carbonyl (C=O) groups excluding carboxylic acids is 2. The number of aromatic nitrogens is 3. The first kappa shape index (κ1) is 17.7. The van der Waals surface area contributed by atoms with Gasteiger partial charge in [0.05, 0.1) is 34.9 Å². The van der Waals surface area contributed by atoms with Crippen LogP contribution in [0, 0.1) is 12.8 Å². The molecule has 4 fully saturated rings. The Hall–Kier alpha value is -2.35. The first-order chi connectivity index (χ1) is 13.6. The number of piperidine rings is 1. The number of amides is 2. The quantitative estimate of drug-likeness (QED) is 0.791. The summed E-state index contributed by atoms with van der Waals surface area (Å²) in [5, 5.41) is 1.98. The summed E-state index contributed by atoms with van der Waals surface area (Å²) in [6, 6.07) is 0.0452. The Balaban J connectivity index is 1.37. The van der Waals surface area contributed by atoms with Gasteiger partial charge in [-0.1, -0.05) is 0 Å². The van der Waals surface area contributed by atoms with Crippen molar-refractivity contribution in [1.29, 1.82) is 0 Å². The van der Waals surface area contributed by atoms with Crippen LogP contribution in [0.2, 0.25) is 0 Å². The summed E-state index contributed by atoms with van der Waals surface area (Å²) in [5.74, 6) is 1.29. The zero-order chi connectivity index (χ0) is 19.3. The molecular formula is C20H23N5O2S. The van der Waals surface area contributed by atoms with Crippen molar-refractivity contribution in [2.75, 3.05) is 13.1 Å². The third-order valence-electron chi connectivity index (χ3n) is 6.07. The molecule has 7 nitrogen and oxygen atoms in total. The minimum absolute atomic E-state index is 0.0452. The fraction of sp³-hybridized carbons (Fsp3) is 0.550. The lowest BCUT2D eigenvalue weighted by molar-refractivity contribution is -0.140. The Morgan fingerprint density at radius 2 is 2.00 bits per heavy atom. The van der Waals surface area contributed by atoms with Gasteiger partial charge in [-0.25, -0.2) is 15.0 Å². The fourth-order valence-electron chi connectivity index (χ4n) is 4.31. The second kappa shape index (κ2) is 6.92. The molecule has 0 aromatic carbocycles. The second-order valence-corrected chi connectivity index (χ2v) is 8.80. The molecule has 1 aliphatic carbocycles. The highest BCUT2D eigenvalue weighted by atomic mass is 32.1. The number of rotatable bonds is 4. The van der Waals surface area contributed by atoms with Crippen molar-refractivity contribution in [3.63, 3.8) is 0 Å². The van der Waals surface area contributed by atoms with Crippen LogP contribution in [-0.4, -0.2) is 55.7 Å². The summed E-state index contributed by atoms with van der Waals surface area (Å²) in [6.45, 7) is 3.46. The molecule has 5 heterocycles. The molecule has 2 bridgehead atoms. The molecule has 4 aliphatic rings. The van der Waals surface area contributed by atoms with E-state index in [9.17, 15) is 9.59 Å². The molecule has 0 N–H and O–H groups in total. The van der Waals surface area contributed by atoms with Crippen molar-refractivity contribution < 1.29 is 9.59 Å². The zero-order valence-corrected chi connectivity index (χ0v) is 16.7. The summed E-state index contributed by atoms with van der Waals surface area (Å²) in [6.07, 6.45) is 5.73. The van der Waals surface area contributed by atoms with E-state index >= 15 is 0 Å². The van der Waals surface area contributed by atoms with Crippen molar-refractivity contribution in [2.24, 2.45) is 5.92 Å². The Bertz CT molecular complexity index is 911. The molecule has 3 aliphatic heterocycles. The molecule has 2 amide bonds. The van der Waals surface area contributed by atoms with Crippen molar-refractivity contribution >= 4 is 23.2 Å². The number of aryl methyl sites for hydroxylation is 1. The Labute approximate surface area is 167 Å². The average molecular weight is 398 g/mol. The van der Waals surface area contributed by atoms with Gasteiger partial charge in [0.25, 0.3) is 5.91 Å². The molecule has 6 rings (SSSR count). The molecule has 2 unspecified atom stereocenters. The lowest BCUT2D eigenvalue weighted by Crippen LogP contribution is -2.47. The van der Waals surface area contributed by atoms with E-state index in [1.165, 1.54) is 11.3 Å². The molecule has 8 heteroatoms. The topological polar surface area (TPSA) is 79.3 Å². The van der Waals surface area contributed by atoms with Crippen molar-refractivity contribution in [3.05, 3.63) is 39.9 Å². The van der Waals surface area contributed by atoms with Crippen LogP contribution in [0.5, 0.6) is 0 Å². The van der Waals surface area contributed by atoms with Crippen LogP contribution in [0.1, 0.15) is 59.2 Å². The van der Waals surface area contributed by atoms with Crippen LogP contribution in [0.25, 0.3) is 0 Å². The molecule has 2 aromatic rings. The van der Waals surface area contributed by atoms with Gasteiger partial charge in [-0.05, 0) is 32.6 Å². The van der Waals surface area contributed by atoms with Crippen LogP contribution in [0.4, 0.5) is 0 Å². The first-order valence-electron chi connectivity index (χ1n) is 9.90. The van der Waals surface area contributed by atoms with E-state index in [1.54, 1.807) is 11.7 Å². The summed E-state index contributed by atoms with van der Waals surface area (Å²) in [4.78, 5) is 43.3. The van der Waals surface area contributed by atoms with E-state index in [0.717, 1.165) is 42.9 Å². The normalized spacial score (nSPS) is 24.5. The number of thiazole rings is 1. The average Bonchev–Trinajstić information content (AvgIpc) is 3.47. The summed E-state index contributed by atoms with van der Waals surface area (Å²) >= 11 is 1.54. The van der Waals surface area contributed by atoms with Crippen molar-refractivity contribution in [3.8, 4) is 0 Å². The maximum Gasteiger partial charge on any atom is 0.257 e. The second-order valence-electron chi connectivity index (χ2n) is 8.09. The van der Waals surface area contributed by atoms with E-state index in [2.05, 4.69) is 15.0 Å². The molecular weight excluding hydrogens is 374 g/mol. The molecule has 1 saturated carbocycles. The Morgan fingerprint density at radius 3 is 2.71 bits per heavy atom. The van der Waals surface area contributed by atoms with Gasteiger partial charge in [0.15, 0.2) is 0 Å². The smallest absolute Gasteiger partial charge is 0.257 e. The lowest BCUT2D eigenvalue weighted by atomic mass is 9.94. The van der Waals surface area contributed by atoms with Gasteiger partial charge in [0.2, 0.25) is 5.91 Å². The van der Waals surface area contributed by atoms with Crippen LogP contribution in [0.3, 0.4) is 0 Å². The van der Waals surface area contributed by atoms with Gasteiger partial charge in [-0.3, -0.25) is 9.59 Å². The Kier molecular flexibility index (Phi) is 4.38. The van der Waals surface area contributed by atoms with Gasteiger partial charge < -0.3 is 9.80 Å². The van der Waals surface area contributed by atoms with Gasteiger partial charge in [-0.15, -0.1) is 11.3 Å². The number of fused-ring (bicyclic) bond motifs is 4. The number of carbonyl (C=O) groups is 2. The first-order valence-corrected chi connectivity index (χ1v) is 10.8. The fourth-order valence-corrected chi connectivity index (χ4v) is 4.86. The highest BCUT2D eigenvalue weighted by molar-refractivity contribution is 7.07. The molecule has 28 heavy (non-hydrogen) atoms. The van der Waals surface area contributed by atoms with Gasteiger partial charge >= 0.3 is 0 Å². The number of hydrogen-bond donors (Lipinski definition) is 0. The van der Waals surface area contributed by atoms with Gasteiger partial charge in [-0.2, -0.15) is 0 Å². The van der Waals surface area contributed by atoms with Crippen molar-refractivity contribution in [2.45, 2.75) is 51.1 Å². The monoisotopic (exact) mass is 397 g/mol. The lowest BCUT2D eigenvalue weighted by Gasteiger charge is -2.35. The van der Waals surface area contributed by atoms with Crippen LogP contribution in [0.15, 0.2) is 17.1 Å². The highest BCUT2D eigenvalue weighted by Crippen LogP contribution is 2.38. The molecule has 0 spiro atoms. The Morgan fingerprint density at radius 1 is 1.18 bits per heavy atom. The maximum atomic E-state index is 13.2. The third-order valence-corrected chi connectivity index (χ3v) is 6.70. The third kappa shape index (κ3) is 3.19. The van der Waals surface area contributed by atoms with Crippen LogP contribution >= 0.6 is 11.3 Å². The standard InChI is InChI=1S/C20H23N5O2S/c1-12-17(6-21-18(23-12)13-2-3-13)20(27)24-7-14-4-5-16(9-24)25(19(14)26)8-15-10-28-11-22-15/h6,10-11,13-14,16H,2-5,7-9H2,1H3. The zero-order valence-electron chi connectivity index (χ0n) is 15.9. The largest absolute Gasteiger partial charge is 0.336 e. The molecule has 2 aromatic heterocycles. The minimum Gasteiger partial charge on any atom is -0.336 e. The van der Waals surface area contributed by atoms with E-state index < -0.39 is 0 Å². The van der Waals surface area contributed by atoms with Gasteiger partial charge in [0.1, 0.15) is 5.82 Å². The predicted octanol–water partition coefficient (Wildman–Crippen LogP) is 2.38. The van der Waals surface area contributed by atoms with E-state index in [-0.39, 0.29) is 23.8 Å². The van der Waals surface area contributed by atoms with E-state index in [4.69, 9.17) is 0 Å². The van der Waals surface area contributed by atoms with E-state index in [1.807, 2.05) is 22.1 Å². The van der Waals surface area contributed by atoms with Crippen molar-refractivity contribution in [1.82, 2.24) is 24.8 Å². The number of nitrogens with zero attached hydrogens (tertiary/aromatic N) is 5. The molecule has 2 atom stereocenters. The number of hydrogen-bond acceptors (Lipinski definition) is 6. The van der Waals surface area contributed by atoms with Gasteiger partial charge in [0, 0.05) is 36.6 Å². The SMILES string of the molecule is Cc1nc(C2CC2)ncc1C(=O)N1CC2CCC(C1)N(Cc1cscn1)C2=O. The molecule has 146 valence electrons. The summed E-state index contributed by atoms with van der Waals surface area (Å²) < 4.78 is 0. The van der Waals surface area contributed by atoms with Crippen LogP contribution in [-0.2, 0) is 11.3 Å². The highest BCUT2D eigenvalue weighted by Gasteiger charge is 2.42. The predicted molar refractivity (Wildman–Crippen MR) is 104 cm³/mol. The molecule has 3 saturated heterocycles.